The monoisotopic (exact) mass is 278 g/mol. The predicted octanol–water partition coefficient (Wildman–Crippen LogP) is 2.53. The number of anilines is 1. The summed E-state index contributed by atoms with van der Waals surface area (Å²) in [6.07, 6.45) is -4.46. The Morgan fingerprint density at radius 1 is 1.42 bits per heavy atom. The maximum atomic E-state index is 13.2. The quantitative estimate of drug-likeness (QED) is 0.682. The van der Waals surface area contributed by atoms with Crippen LogP contribution in [0.4, 0.5) is 23.2 Å². The second-order valence-electron chi connectivity index (χ2n) is 4.31. The number of carbonyl (C=O) groups is 1. The number of hydrogen-bond acceptors (Lipinski definition) is 2. The number of rotatable bonds is 3. The van der Waals surface area contributed by atoms with Gasteiger partial charge in [0.2, 0.25) is 5.91 Å². The second kappa shape index (κ2) is 5.46. The van der Waals surface area contributed by atoms with E-state index in [0.29, 0.717) is 4.90 Å². The van der Waals surface area contributed by atoms with Gasteiger partial charge in [-0.2, -0.15) is 13.2 Å². The van der Waals surface area contributed by atoms with E-state index in [2.05, 4.69) is 0 Å². The second-order valence-corrected chi connectivity index (χ2v) is 4.31. The van der Waals surface area contributed by atoms with Gasteiger partial charge in [-0.3, -0.25) is 4.79 Å². The van der Waals surface area contributed by atoms with E-state index in [0.717, 1.165) is 13.1 Å². The molecule has 1 atom stereocenters. The van der Waals surface area contributed by atoms with Crippen molar-refractivity contribution in [3.63, 3.8) is 0 Å². The third kappa shape index (κ3) is 4.11. The van der Waals surface area contributed by atoms with Gasteiger partial charge in [0.1, 0.15) is 12.4 Å². The first-order valence-electron chi connectivity index (χ1n) is 5.48. The van der Waals surface area contributed by atoms with E-state index in [1.165, 1.54) is 19.1 Å². The van der Waals surface area contributed by atoms with Crippen molar-refractivity contribution < 1.29 is 22.4 Å². The standard InChI is InChI=1S/C12H14F4N2O/c1-7(8-3-4-10(17)9(13)5-8)11(19)18(2)6-12(14,15)16/h3-5,7H,6,17H2,1-2H3/t7-/m1/s1. The Labute approximate surface area is 108 Å². The molecular weight excluding hydrogens is 264 g/mol. The van der Waals surface area contributed by atoms with Gasteiger partial charge in [0.05, 0.1) is 11.6 Å². The zero-order chi connectivity index (χ0) is 14.8. The van der Waals surface area contributed by atoms with E-state index in [1.807, 2.05) is 0 Å². The lowest BCUT2D eigenvalue weighted by atomic mass is 9.99. The van der Waals surface area contributed by atoms with Crippen LogP contribution in [0.25, 0.3) is 0 Å². The molecule has 1 aromatic carbocycles. The normalized spacial score (nSPS) is 13.2. The Bertz CT molecular complexity index is 473. The van der Waals surface area contributed by atoms with Crippen LogP contribution in [-0.2, 0) is 4.79 Å². The molecule has 106 valence electrons. The summed E-state index contributed by atoms with van der Waals surface area (Å²) in [6.45, 7) is 0.0772. The lowest BCUT2D eigenvalue weighted by Gasteiger charge is -2.22. The average molecular weight is 278 g/mol. The van der Waals surface area contributed by atoms with E-state index in [9.17, 15) is 22.4 Å². The van der Waals surface area contributed by atoms with Crippen molar-refractivity contribution in [1.82, 2.24) is 4.90 Å². The third-order valence-corrected chi connectivity index (χ3v) is 2.69. The molecule has 0 aromatic heterocycles. The molecule has 0 saturated heterocycles. The molecule has 2 N–H and O–H groups in total. The molecule has 19 heavy (non-hydrogen) atoms. The summed E-state index contributed by atoms with van der Waals surface area (Å²) in [7, 11) is 1.06. The van der Waals surface area contributed by atoms with Gasteiger partial charge in [0.15, 0.2) is 0 Å². The van der Waals surface area contributed by atoms with Gasteiger partial charge in [-0.1, -0.05) is 6.07 Å². The molecule has 1 aromatic rings. The molecule has 0 saturated carbocycles. The number of hydrogen-bond donors (Lipinski definition) is 1. The van der Waals surface area contributed by atoms with Crippen LogP contribution < -0.4 is 5.73 Å². The molecule has 1 rings (SSSR count). The van der Waals surface area contributed by atoms with E-state index in [1.54, 1.807) is 0 Å². The molecule has 0 aliphatic carbocycles. The number of nitrogens with two attached hydrogens (primary N) is 1. The first kappa shape index (κ1) is 15.3. The first-order valence-corrected chi connectivity index (χ1v) is 5.48. The molecule has 1 amide bonds. The van der Waals surface area contributed by atoms with Crippen LogP contribution in [0.5, 0.6) is 0 Å². The highest BCUT2D eigenvalue weighted by molar-refractivity contribution is 5.83. The van der Waals surface area contributed by atoms with Crippen LogP contribution in [0.2, 0.25) is 0 Å². The van der Waals surface area contributed by atoms with Gasteiger partial charge in [-0.25, -0.2) is 4.39 Å². The van der Waals surface area contributed by atoms with Crippen molar-refractivity contribution in [1.29, 1.82) is 0 Å². The number of likely N-dealkylation sites (N-methyl/N-ethyl adjacent to an activating group) is 1. The zero-order valence-corrected chi connectivity index (χ0v) is 10.5. The maximum Gasteiger partial charge on any atom is 0.406 e. The largest absolute Gasteiger partial charge is 0.406 e. The predicted molar refractivity (Wildman–Crippen MR) is 62.9 cm³/mol. The lowest BCUT2D eigenvalue weighted by molar-refractivity contribution is -0.159. The summed E-state index contributed by atoms with van der Waals surface area (Å²) in [4.78, 5) is 12.4. The maximum absolute atomic E-state index is 13.2. The highest BCUT2D eigenvalue weighted by atomic mass is 19.4. The fourth-order valence-electron chi connectivity index (χ4n) is 1.63. The molecule has 0 radical (unpaired) electrons. The molecule has 7 heteroatoms. The fraction of sp³-hybridized carbons (Fsp3) is 0.417. The van der Waals surface area contributed by atoms with Crippen molar-refractivity contribution in [2.75, 3.05) is 19.3 Å². The van der Waals surface area contributed by atoms with Crippen LogP contribution in [0.3, 0.4) is 0 Å². The number of alkyl halides is 3. The summed E-state index contributed by atoms with van der Waals surface area (Å²) < 4.78 is 49.8. The van der Waals surface area contributed by atoms with Crippen molar-refractivity contribution in [2.24, 2.45) is 0 Å². The number of carbonyl (C=O) groups excluding carboxylic acids is 1. The summed E-state index contributed by atoms with van der Waals surface area (Å²) >= 11 is 0. The summed E-state index contributed by atoms with van der Waals surface area (Å²) in [5.74, 6) is -2.31. The number of amides is 1. The minimum Gasteiger partial charge on any atom is -0.396 e. The van der Waals surface area contributed by atoms with Gasteiger partial charge in [-0.05, 0) is 24.6 Å². The van der Waals surface area contributed by atoms with Crippen molar-refractivity contribution in [3.05, 3.63) is 29.6 Å². The fourth-order valence-corrected chi connectivity index (χ4v) is 1.63. The van der Waals surface area contributed by atoms with Gasteiger partial charge in [0.25, 0.3) is 0 Å². The minimum absolute atomic E-state index is 0.0768. The molecule has 0 heterocycles. The van der Waals surface area contributed by atoms with Gasteiger partial charge in [-0.15, -0.1) is 0 Å². The molecule has 3 nitrogen and oxygen atoms in total. The number of nitrogens with zero attached hydrogens (tertiary/aromatic N) is 1. The van der Waals surface area contributed by atoms with Crippen LogP contribution in [0, 0.1) is 5.82 Å². The number of nitrogen functional groups attached to an aromatic ring is 1. The Balaban J connectivity index is 2.84. The van der Waals surface area contributed by atoms with Crippen molar-refractivity contribution in [3.8, 4) is 0 Å². The molecule has 0 aliphatic rings. The van der Waals surface area contributed by atoms with Crippen molar-refractivity contribution >= 4 is 11.6 Å². The smallest absolute Gasteiger partial charge is 0.396 e. The summed E-state index contributed by atoms with van der Waals surface area (Å²) in [6, 6.07) is 3.75. The van der Waals surface area contributed by atoms with Gasteiger partial charge >= 0.3 is 6.18 Å². The number of halogens is 4. The molecule has 0 bridgehead atoms. The van der Waals surface area contributed by atoms with E-state index in [4.69, 9.17) is 5.73 Å². The zero-order valence-electron chi connectivity index (χ0n) is 10.5. The molecule has 0 unspecified atom stereocenters. The van der Waals surface area contributed by atoms with E-state index in [-0.39, 0.29) is 11.3 Å². The van der Waals surface area contributed by atoms with Gasteiger partial charge < -0.3 is 10.6 Å². The first-order chi connectivity index (χ1) is 8.61. The van der Waals surface area contributed by atoms with Crippen LogP contribution in [0.15, 0.2) is 18.2 Å². The molecule has 0 spiro atoms. The highest BCUT2D eigenvalue weighted by Gasteiger charge is 2.32. The molecule has 0 aliphatic heterocycles. The summed E-state index contributed by atoms with van der Waals surface area (Å²) in [5, 5.41) is 0. The Morgan fingerprint density at radius 3 is 2.47 bits per heavy atom. The van der Waals surface area contributed by atoms with Crippen LogP contribution in [0.1, 0.15) is 18.4 Å². The third-order valence-electron chi connectivity index (χ3n) is 2.69. The van der Waals surface area contributed by atoms with Crippen molar-refractivity contribution in [2.45, 2.75) is 19.0 Å². The topological polar surface area (TPSA) is 46.3 Å². The van der Waals surface area contributed by atoms with E-state index >= 15 is 0 Å². The lowest BCUT2D eigenvalue weighted by Crippen LogP contribution is -2.38. The Hall–Kier alpha value is -1.79. The van der Waals surface area contributed by atoms with Crippen LogP contribution >= 0.6 is 0 Å². The van der Waals surface area contributed by atoms with E-state index < -0.39 is 30.4 Å². The Kier molecular flexibility index (Phi) is 4.39. The number of benzene rings is 1. The SMILES string of the molecule is C[C@@H](C(=O)N(C)CC(F)(F)F)c1ccc(N)c(F)c1. The van der Waals surface area contributed by atoms with Gasteiger partial charge in [0, 0.05) is 7.05 Å². The molecular formula is C12H14F4N2O. The minimum atomic E-state index is -4.46. The summed E-state index contributed by atoms with van der Waals surface area (Å²) in [5.41, 5.74) is 5.50. The highest BCUT2D eigenvalue weighted by Crippen LogP contribution is 2.23. The molecule has 0 fully saturated rings. The average Bonchev–Trinajstić information content (AvgIpc) is 2.28. The van der Waals surface area contributed by atoms with Crippen LogP contribution in [-0.4, -0.2) is 30.6 Å². The Morgan fingerprint density at radius 2 is 2.00 bits per heavy atom.